The van der Waals surface area contributed by atoms with Gasteiger partial charge in [-0.25, -0.2) is 0 Å². The van der Waals surface area contributed by atoms with Gasteiger partial charge in [0.1, 0.15) is 0 Å². The molecule has 1 aromatic carbocycles. The molecule has 1 aromatic heterocycles. The summed E-state index contributed by atoms with van der Waals surface area (Å²) in [5.41, 5.74) is 3.61. The SMILES string of the molecule is CCC(NCc1ccc(-c2ccn[nH]2)cc1)C1CC1. The van der Waals surface area contributed by atoms with Crippen LogP contribution in [0.1, 0.15) is 31.7 Å². The minimum absolute atomic E-state index is 0.701. The summed E-state index contributed by atoms with van der Waals surface area (Å²) in [4.78, 5) is 0. The maximum Gasteiger partial charge on any atom is 0.0650 e. The van der Waals surface area contributed by atoms with Gasteiger partial charge in [-0.2, -0.15) is 5.10 Å². The highest BCUT2D eigenvalue weighted by atomic mass is 15.1. The molecular weight excluding hydrogens is 234 g/mol. The van der Waals surface area contributed by atoms with Crippen LogP contribution in [0.25, 0.3) is 11.3 Å². The number of nitrogens with zero attached hydrogens (tertiary/aromatic N) is 1. The molecule has 1 unspecified atom stereocenters. The number of benzene rings is 1. The highest BCUT2D eigenvalue weighted by Gasteiger charge is 2.29. The first-order valence-electron chi connectivity index (χ1n) is 7.19. The molecule has 0 spiro atoms. The Hall–Kier alpha value is -1.61. The van der Waals surface area contributed by atoms with E-state index in [1.807, 2.05) is 6.07 Å². The number of rotatable bonds is 6. The predicted octanol–water partition coefficient (Wildman–Crippen LogP) is 3.35. The number of hydrogen-bond donors (Lipinski definition) is 2. The van der Waals surface area contributed by atoms with Crippen LogP contribution in [0.4, 0.5) is 0 Å². The normalized spacial score (nSPS) is 16.5. The van der Waals surface area contributed by atoms with Crippen molar-refractivity contribution in [1.29, 1.82) is 0 Å². The molecule has 0 saturated heterocycles. The minimum Gasteiger partial charge on any atom is -0.310 e. The van der Waals surface area contributed by atoms with Gasteiger partial charge in [0.2, 0.25) is 0 Å². The summed E-state index contributed by atoms with van der Waals surface area (Å²) in [6.07, 6.45) is 5.83. The first-order valence-corrected chi connectivity index (χ1v) is 7.19. The van der Waals surface area contributed by atoms with Crippen LogP contribution >= 0.6 is 0 Å². The second-order valence-corrected chi connectivity index (χ2v) is 5.40. The summed E-state index contributed by atoms with van der Waals surface area (Å²) >= 11 is 0. The van der Waals surface area contributed by atoms with Crippen LogP contribution in [0.2, 0.25) is 0 Å². The largest absolute Gasteiger partial charge is 0.310 e. The molecule has 1 heterocycles. The van der Waals surface area contributed by atoms with E-state index in [1.54, 1.807) is 6.20 Å². The van der Waals surface area contributed by atoms with Crippen molar-refractivity contribution in [2.24, 2.45) is 5.92 Å². The molecule has 0 radical (unpaired) electrons. The molecule has 2 aromatic rings. The van der Waals surface area contributed by atoms with Gasteiger partial charge < -0.3 is 5.32 Å². The van der Waals surface area contributed by atoms with Crippen LogP contribution in [0.3, 0.4) is 0 Å². The Morgan fingerprint density at radius 1 is 1.26 bits per heavy atom. The second kappa shape index (κ2) is 5.57. The van der Waals surface area contributed by atoms with Gasteiger partial charge in [0.05, 0.1) is 5.69 Å². The van der Waals surface area contributed by atoms with E-state index in [-0.39, 0.29) is 0 Å². The monoisotopic (exact) mass is 255 g/mol. The standard InChI is InChI=1S/C16H21N3/c1-2-15(13-7-8-13)17-11-12-3-5-14(6-4-12)16-9-10-18-19-16/h3-6,9-10,13,15,17H,2,7-8,11H2,1H3,(H,18,19). The molecule has 100 valence electrons. The number of aromatic amines is 1. The first kappa shape index (κ1) is 12.4. The van der Waals surface area contributed by atoms with E-state index in [4.69, 9.17) is 0 Å². The summed E-state index contributed by atoms with van der Waals surface area (Å²) in [7, 11) is 0. The summed E-state index contributed by atoms with van der Waals surface area (Å²) in [5, 5.41) is 10.7. The summed E-state index contributed by atoms with van der Waals surface area (Å²) in [5.74, 6) is 0.925. The van der Waals surface area contributed by atoms with Crippen LogP contribution in [0, 0.1) is 5.92 Å². The van der Waals surface area contributed by atoms with Gasteiger partial charge in [-0.15, -0.1) is 0 Å². The maximum absolute atomic E-state index is 3.98. The van der Waals surface area contributed by atoms with E-state index < -0.39 is 0 Å². The van der Waals surface area contributed by atoms with Crippen LogP contribution in [-0.4, -0.2) is 16.2 Å². The molecule has 3 heteroatoms. The first-order chi connectivity index (χ1) is 9.36. The quantitative estimate of drug-likeness (QED) is 0.831. The third kappa shape index (κ3) is 3.04. The predicted molar refractivity (Wildman–Crippen MR) is 77.7 cm³/mol. The Balaban J connectivity index is 1.59. The average Bonchev–Trinajstić information content (AvgIpc) is 3.14. The van der Waals surface area contributed by atoms with E-state index in [1.165, 1.54) is 30.4 Å². The van der Waals surface area contributed by atoms with E-state index in [0.29, 0.717) is 6.04 Å². The second-order valence-electron chi connectivity index (χ2n) is 5.40. The lowest BCUT2D eigenvalue weighted by Crippen LogP contribution is -2.29. The van der Waals surface area contributed by atoms with Crippen molar-refractivity contribution < 1.29 is 0 Å². The molecular formula is C16H21N3. The van der Waals surface area contributed by atoms with E-state index in [9.17, 15) is 0 Å². The zero-order chi connectivity index (χ0) is 13.1. The van der Waals surface area contributed by atoms with Gasteiger partial charge in [0.25, 0.3) is 0 Å². The van der Waals surface area contributed by atoms with Crippen molar-refractivity contribution in [3.05, 3.63) is 42.1 Å². The lowest BCUT2D eigenvalue weighted by molar-refractivity contribution is 0.449. The Morgan fingerprint density at radius 2 is 2.05 bits per heavy atom. The van der Waals surface area contributed by atoms with E-state index in [2.05, 4.69) is 46.7 Å². The minimum atomic E-state index is 0.701. The number of nitrogens with one attached hydrogen (secondary N) is 2. The molecule has 1 atom stereocenters. The van der Waals surface area contributed by atoms with Crippen LogP contribution in [0.15, 0.2) is 36.5 Å². The Labute approximate surface area is 114 Å². The Morgan fingerprint density at radius 3 is 2.63 bits per heavy atom. The van der Waals surface area contributed by atoms with E-state index in [0.717, 1.165) is 18.2 Å². The molecule has 0 amide bonds. The summed E-state index contributed by atoms with van der Waals surface area (Å²) < 4.78 is 0. The average molecular weight is 255 g/mol. The fraction of sp³-hybridized carbons (Fsp3) is 0.438. The van der Waals surface area contributed by atoms with Gasteiger partial charge in [0, 0.05) is 18.8 Å². The van der Waals surface area contributed by atoms with Crippen LogP contribution < -0.4 is 5.32 Å². The lowest BCUT2D eigenvalue weighted by atomic mass is 10.1. The smallest absolute Gasteiger partial charge is 0.0650 e. The molecule has 1 saturated carbocycles. The van der Waals surface area contributed by atoms with Crippen molar-refractivity contribution in [2.45, 2.75) is 38.8 Å². The van der Waals surface area contributed by atoms with Gasteiger partial charge in [0.15, 0.2) is 0 Å². The molecule has 0 aliphatic heterocycles. The van der Waals surface area contributed by atoms with Gasteiger partial charge in [-0.3, -0.25) is 5.10 Å². The van der Waals surface area contributed by atoms with Gasteiger partial charge >= 0.3 is 0 Å². The number of aromatic nitrogens is 2. The van der Waals surface area contributed by atoms with Crippen molar-refractivity contribution in [2.75, 3.05) is 0 Å². The number of H-pyrrole nitrogens is 1. The van der Waals surface area contributed by atoms with Crippen molar-refractivity contribution in [3.63, 3.8) is 0 Å². The molecule has 1 fully saturated rings. The topological polar surface area (TPSA) is 40.7 Å². The van der Waals surface area contributed by atoms with Crippen molar-refractivity contribution in [3.8, 4) is 11.3 Å². The molecule has 2 N–H and O–H groups in total. The maximum atomic E-state index is 3.98. The number of hydrogen-bond acceptors (Lipinski definition) is 2. The molecule has 3 nitrogen and oxygen atoms in total. The molecule has 19 heavy (non-hydrogen) atoms. The zero-order valence-electron chi connectivity index (χ0n) is 11.4. The Kier molecular flexibility index (Phi) is 3.65. The molecule has 0 bridgehead atoms. The molecule has 1 aliphatic rings. The van der Waals surface area contributed by atoms with Crippen molar-refractivity contribution >= 4 is 0 Å². The highest BCUT2D eigenvalue weighted by Crippen LogP contribution is 2.34. The molecule has 3 rings (SSSR count). The third-order valence-electron chi connectivity index (χ3n) is 3.96. The van der Waals surface area contributed by atoms with Crippen LogP contribution in [0.5, 0.6) is 0 Å². The third-order valence-corrected chi connectivity index (χ3v) is 3.96. The van der Waals surface area contributed by atoms with Crippen molar-refractivity contribution in [1.82, 2.24) is 15.5 Å². The fourth-order valence-corrected chi connectivity index (χ4v) is 2.61. The van der Waals surface area contributed by atoms with Gasteiger partial charge in [-0.1, -0.05) is 31.2 Å². The lowest BCUT2D eigenvalue weighted by Gasteiger charge is -2.16. The Bertz CT molecular complexity index is 497. The van der Waals surface area contributed by atoms with Crippen LogP contribution in [-0.2, 0) is 6.54 Å². The summed E-state index contributed by atoms with van der Waals surface area (Å²) in [6.45, 7) is 3.25. The summed E-state index contributed by atoms with van der Waals surface area (Å²) in [6, 6.07) is 11.4. The fourth-order valence-electron chi connectivity index (χ4n) is 2.61. The van der Waals surface area contributed by atoms with Gasteiger partial charge in [-0.05, 0) is 42.4 Å². The molecule has 1 aliphatic carbocycles. The van der Waals surface area contributed by atoms with E-state index >= 15 is 0 Å². The zero-order valence-corrected chi connectivity index (χ0v) is 11.4. The highest BCUT2D eigenvalue weighted by molar-refractivity contribution is 5.58.